The number of aryl methyl sites for hydroxylation is 1. The van der Waals surface area contributed by atoms with Gasteiger partial charge in [0, 0.05) is 12.6 Å². The summed E-state index contributed by atoms with van der Waals surface area (Å²) in [6.07, 6.45) is 1.34. The summed E-state index contributed by atoms with van der Waals surface area (Å²) in [5.41, 5.74) is 2.68. The van der Waals surface area contributed by atoms with E-state index in [1.165, 1.54) is 11.1 Å². The van der Waals surface area contributed by atoms with Gasteiger partial charge >= 0.3 is 0 Å². The molecule has 0 aliphatic rings. The van der Waals surface area contributed by atoms with Crippen LogP contribution in [-0.4, -0.2) is 19.3 Å². The summed E-state index contributed by atoms with van der Waals surface area (Å²) in [6.45, 7) is 10.2. The number of hydrogen-bond acceptors (Lipinski definition) is 2. The van der Waals surface area contributed by atoms with Crippen LogP contribution in [0.1, 0.15) is 44.4 Å². The quantitative estimate of drug-likeness (QED) is 0.781. The number of ether oxygens (including phenoxy) is 1. The van der Waals surface area contributed by atoms with E-state index in [0.29, 0.717) is 12.1 Å². The van der Waals surface area contributed by atoms with Gasteiger partial charge in [-0.2, -0.15) is 0 Å². The minimum Gasteiger partial charge on any atom is -0.379 e. The van der Waals surface area contributed by atoms with Crippen LogP contribution in [0.2, 0.25) is 0 Å². The summed E-state index contributed by atoms with van der Waals surface area (Å²) in [5, 5.41) is 3.52. The summed E-state index contributed by atoms with van der Waals surface area (Å²) in [7, 11) is 0. The second-order valence-corrected chi connectivity index (χ2v) is 4.73. The van der Waals surface area contributed by atoms with Gasteiger partial charge in [0.1, 0.15) is 0 Å². The maximum Gasteiger partial charge on any atom is 0.0518 e. The lowest BCUT2D eigenvalue weighted by atomic mass is 10.0. The van der Waals surface area contributed by atoms with Crippen molar-refractivity contribution in [3.05, 3.63) is 35.4 Å². The lowest BCUT2D eigenvalue weighted by molar-refractivity contribution is 0.0716. The molecule has 0 saturated carbocycles. The van der Waals surface area contributed by atoms with Crippen LogP contribution in [0, 0.1) is 6.92 Å². The van der Waals surface area contributed by atoms with E-state index in [0.717, 1.165) is 19.6 Å². The molecule has 0 aliphatic heterocycles. The van der Waals surface area contributed by atoms with E-state index in [-0.39, 0.29) is 0 Å². The van der Waals surface area contributed by atoms with Gasteiger partial charge in [-0.1, -0.05) is 36.8 Å². The fourth-order valence-corrected chi connectivity index (χ4v) is 1.94. The molecule has 0 aromatic heterocycles. The first-order valence-electron chi connectivity index (χ1n) is 6.55. The zero-order valence-electron chi connectivity index (χ0n) is 11.5. The molecule has 0 amide bonds. The molecule has 0 radical (unpaired) electrons. The highest BCUT2D eigenvalue weighted by Gasteiger charge is 2.10. The van der Waals surface area contributed by atoms with Crippen molar-refractivity contribution in [3.8, 4) is 0 Å². The Morgan fingerprint density at radius 2 is 2.06 bits per heavy atom. The Labute approximate surface area is 105 Å². The van der Waals surface area contributed by atoms with Gasteiger partial charge in [0.2, 0.25) is 0 Å². The van der Waals surface area contributed by atoms with E-state index in [1.807, 2.05) is 0 Å². The van der Waals surface area contributed by atoms with Crippen molar-refractivity contribution >= 4 is 0 Å². The van der Waals surface area contributed by atoms with E-state index in [4.69, 9.17) is 4.74 Å². The largest absolute Gasteiger partial charge is 0.379 e. The molecule has 17 heavy (non-hydrogen) atoms. The molecule has 96 valence electrons. The molecule has 1 N–H and O–H groups in total. The van der Waals surface area contributed by atoms with Gasteiger partial charge in [-0.3, -0.25) is 0 Å². The van der Waals surface area contributed by atoms with Crippen molar-refractivity contribution in [1.82, 2.24) is 5.32 Å². The lowest BCUT2D eigenvalue weighted by Crippen LogP contribution is -2.23. The third kappa shape index (κ3) is 5.33. The van der Waals surface area contributed by atoms with Gasteiger partial charge in [0.05, 0.1) is 6.10 Å². The molecule has 2 heteroatoms. The van der Waals surface area contributed by atoms with Crippen molar-refractivity contribution in [2.24, 2.45) is 0 Å². The van der Waals surface area contributed by atoms with Crippen LogP contribution in [-0.2, 0) is 4.74 Å². The normalized spacial score (nSPS) is 13.0. The highest BCUT2D eigenvalue weighted by molar-refractivity contribution is 5.25. The molecule has 0 aliphatic carbocycles. The molecular formula is C15H25NO. The standard InChI is InChI=1S/C15H25NO/c1-5-16-15(9-10-17-12(2)3)14-8-6-7-13(4)11-14/h6-8,11-12,15-16H,5,9-10H2,1-4H3. The van der Waals surface area contributed by atoms with Gasteiger partial charge in [0.15, 0.2) is 0 Å². The second-order valence-electron chi connectivity index (χ2n) is 4.73. The van der Waals surface area contributed by atoms with Crippen molar-refractivity contribution in [2.75, 3.05) is 13.2 Å². The van der Waals surface area contributed by atoms with Gasteiger partial charge in [-0.15, -0.1) is 0 Å². The number of nitrogens with one attached hydrogen (secondary N) is 1. The molecule has 1 aromatic rings. The summed E-state index contributed by atoms with van der Waals surface area (Å²) < 4.78 is 5.63. The predicted octanol–water partition coefficient (Wildman–Crippen LogP) is 3.46. The molecule has 0 saturated heterocycles. The third-order valence-corrected chi connectivity index (χ3v) is 2.75. The zero-order valence-corrected chi connectivity index (χ0v) is 11.5. The first kappa shape index (κ1) is 14.2. The molecule has 0 heterocycles. The smallest absolute Gasteiger partial charge is 0.0518 e. The summed E-state index contributed by atoms with van der Waals surface area (Å²) in [5.74, 6) is 0. The number of hydrogen-bond donors (Lipinski definition) is 1. The molecule has 1 atom stereocenters. The van der Waals surface area contributed by atoms with Crippen molar-refractivity contribution in [1.29, 1.82) is 0 Å². The third-order valence-electron chi connectivity index (χ3n) is 2.75. The Morgan fingerprint density at radius 3 is 2.65 bits per heavy atom. The van der Waals surface area contributed by atoms with Crippen LogP contribution in [0.4, 0.5) is 0 Å². The van der Waals surface area contributed by atoms with Gasteiger partial charge in [0.25, 0.3) is 0 Å². The fourth-order valence-electron chi connectivity index (χ4n) is 1.94. The van der Waals surface area contributed by atoms with Crippen molar-refractivity contribution < 1.29 is 4.74 Å². The molecule has 1 aromatic carbocycles. The van der Waals surface area contributed by atoms with E-state index in [9.17, 15) is 0 Å². The van der Waals surface area contributed by atoms with Crippen molar-refractivity contribution in [3.63, 3.8) is 0 Å². The summed E-state index contributed by atoms with van der Waals surface area (Å²) in [4.78, 5) is 0. The SMILES string of the molecule is CCNC(CCOC(C)C)c1cccc(C)c1. The van der Waals surface area contributed by atoms with Crippen LogP contribution in [0.5, 0.6) is 0 Å². The highest BCUT2D eigenvalue weighted by Crippen LogP contribution is 2.18. The Hall–Kier alpha value is -0.860. The Bertz CT molecular complexity index is 322. The van der Waals surface area contributed by atoms with Gasteiger partial charge in [-0.25, -0.2) is 0 Å². The minimum atomic E-state index is 0.315. The average Bonchev–Trinajstić information content (AvgIpc) is 2.27. The Morgan fingerprint density at radius 1 is 1.29 bits per heavy atom. The number of rotatable bonds is 7. The molecule has 1 unspecified atom stereocenters. The molecule has 1 rings (SSSR count). The van der Waals surface area contributed by atoms with Gasteiger partial charge < -0.3 is 10.1 Å². The van der Waals surface area contributed by atoms with Crippen LogP contribution in [0.3, 0.4) is 0 Å². The zero-order chi connectivity index (χ0) is 12.7. The van der Waals surface area contributed by atoms with Crippen LogP contribution >= 0.6 is 0 Å². The monoisotopic (exact) mass is 235 g/mol. The topological polar surface area (TPSA) is 21.3 Å². The van der Waals surface area contributed by atoms with E-state index in [2.05, 4.69) is 57.3 Å². The van der Waals surface area contributed by atoms with Crippen LogP contribution in [0.15, 0.2) is 24.3 Å². The van der Waals surface area contributed by atoms with Crippen molar-refractivity contribution in [2.45, 2.75) is 46.3 Å². The van der Waals surface area contributed by atoms with E-state index >= 15 is 0 Å². The van der Waals surface area contributed by atoms with E-state index < -0.39 is 0 Å². The molecular weight excluding hydrogens is 210 g/mol. The molecule has 0 spiro atoms. The summed E-state index contributed by atoms with van der Waals surface area (Å²) >= 11 is 0. The molecule has 2 nitrogen and oxygen atoms in total. The maximum absolute atomic E-state index is 5.63. The fraction of sp³-hybridized carbons (Fsp3) is 0.600. The van der Waals surface area contributed by atoms with Gasteiger partial charge in [-0.05, 0) is 39.3 Å². The van der Waals surface area contributed by atoms with Crippen LogP contribution in [0.25, 0.3) is 0 Å². The predicted molar refractivity (Wildman–Crippen MR) is 73.3 cm³/mol. The minimum absolute atomic E-state index is 0.315. The average molecular weight is 235 g/mol. The maximum atomic E-state index is 5.63. The van der Waals surface area contributed by atoms with Crippen LogP contribution < -0.4 is 5.32 Å². The highest BCUT2D eigenvalue weighted by atomic mass is 16.5. The molecule has 0 bridgehead atoms. The first-order chi connectivity index (χ1) is 8.13. The second kappa shape index (κ2) is 7.46. The number of benzene rings is 1. The first-order valence-corrected chi connectivity index (χ1v) is 6.55. The lowest BCUT2D eigenvalue weighted by Gasteiger charge is -2.19. The molecule has 0 fully saturated rings. The Kier molecular flexibility index (Phi) is 6.23. The van der Waals surface area contributed by atoms with E-state index in [1.54, 1.807) is 0 Å². The Balaban J connectivity index is 2.58. The summed E-state index contributed by atoms with van der Waals surface area (Å²) in [6, 6.07) is 9.10.